The molecule has 1 aliphatic rings. The van der Waals surface area contributed by atoms with Crippen molar-refractivity contribution in [2.75, 3.05) is 32.7 Å². The number of piperazine rings is 1. The van der Waals surface area contributed by atoms with E-state index in [4.69, 9.17) is 0 Å². The SMILES string of the molecule is CC(C)(O)CN1CCN(C(=O)C=Cc2ccccc2)CC1. The number of rotatable bonds is 4. The number of hydrogen-bond donors (Lipinski definition) is 1. The summed E-state index contributed by atoms with van der Waals surface area (Å²) in [5.74, 6) is 0.0572. The smallest absolute Gasteiger partial charge is 0.246 e. The van der Waals surface area contributed by atoms with Gasteiger partial charge in [0.2, 0.25) is 5.91 Å². The summed E-state index contributed by atoms with van der Waals surface area (Å²) in [7, 11) is 0. The Kier molecular flexibility index (Phi) is 5.15. The molecule has 4 heteroatoms. The number of nitrogens with zero attached hydrogens (tertiary/aromatic N) is 2. The third-order valence-corrected chi connectivity index (χ3v) is 3.51. The molecule has 0 aliphatic carbocycles. The van der Waals surface area contributed by atoms with Crippen LogP contribution in [0.25, 0.3) is 6.08 Å². The van der Waals surface area contributed by atoms with Gasteiger partial charge in [-0.15, -0.1) is 0 Å². The normalized spacial score (nSPS) is 17.4. The fraction of sp³-hybridized carbons (Fsp3) is 0.471. The molecule has 0 saturated carbocycles. The van der Waals surface area contributed by atoms with Crippen molar-refractivity contribution in [1.29, 1.82) is 0 Å². The monoisotopic (exact) mass is 288 g/mol. The molecule has 1 fully saturated rings. The van der Waals surface area contributed by atoms with E-state index in [1.807, 2.05) is 55.2 Å². The molecule has 1 saturated heterocycles. The maximum atomic E-state index is 12.1. The Bertz CT molecular complexity index is 483. The quantitative estimate of drug-likeness (QED) is 0.856. The first-order valence-electron chi connectivity index (χ1n) is 7.41. The van der Waals surface area contributed by atoms with E-state index in [0.717, 1.165) is 18.7 Å². The van der Waals surface area contributed by atoms with E-state index in [1.165, 1.54) is 0 Å². The van der Waals surface area contributed by atoms with E-state index in [-0.39, 0.29) is 5.91 Å². The van der Waals surface area contributed by atoms with Crippen LogP contribution in [0, 0.1) is 0 Å². The van der Waals surface area contributed by atoms with Gasteiger partial charge >= 0.3 is 0 Å². The lowest BCUT2D eigenvalue weighted by Crippen LogP contribution is -2.51. The van der Waals surface area contributed by atoms with Crippen molar-refractivity contribution < 1.29 is 9.90 Å². The van der Waals surface area contributed by atoms with Crippen LogP contribution in [-0.4, -0.2) is 59.1 Å². The summed E-state index contributed by atoms with van der Waals surface area (Å²) in [5.41, 5.74) is 0.353. The molecule has 4 nitrogen and oxygen atoms in total. The molecule has 1 aliphatic heterocycles. The zero-order valence-electron chi connectivity index (χ0n) is 12.8. The van der Waals surface area contributed by atoms with Gasteiger partial charge in [0.05, 0.1) is 5.60 Å². The van der Waals surface area contributed by atoms with Gasteiger partial charge in [0.15, 0.2) is 0 Å². The number of benzene rings is 1. The molecule has 2 rings (SSSR count). The first kappa shape index (κ1) is 15.7. The summed E-state index contributed by atoms with van der Waals surface area (Å²) in [5, 5.41) is 9.82. The van der Waals surface area contributed by atoms with Crippen LogP contribution in [0.1, 0.15) is 19.4 Å². The molecule has 114 valence electrons. The molecule has 1 aromatic carbocycles. The zero-order valence-corrected chi connectivity index (χ0v) is 12.8. The fourth-order valence-electron chi connectivity index (χ4n) is 2.51. The van der Waals surface area contributed by atoms with E-state index in [1.54, 1.807) is 6.08 Å². The number of hydrogen-bond acceptors (Lipinski definition) is 3. The molecular weight excluding hydrogens is 264 g/mol. The molecule has 0 aromatic heterocycles. The van der Waals surface area contributed by atoms with Gasteiger partial charge in [-0.3, -0.25) is 9.69 Å². The molecule has 1 N–H and O–H groups in total. The van der Waals surface area contributed by atoms with E-state index < -0.39 is 5.60 Å². The topological polar surface area (TPSA) is 43.8 Å². The highest BCUT2D eigenvalue weighted by atomic mass is 16.3. The lowest BCUT2D eigenvalue weighted by atomic mass is 10.1. The lowest BCUT2D eigenvalue weighted by molar-refractivity contribution is -0.128. The first-order valence-corrected chi connectivity index (χ1v) is 7.41. The Morgan fingerprint density at radius 2 is 1.81 bits per heavy atom. The number of carbonyl (C=O) groups excluding carboxylic acids is 1. The van der Waals surface area contributed by atoms with Gasteiger partial charge in [0.25, 0.3) is 0 Å². The molecule has 0 atom stereocenters. The fourth-order valence-corrected chi connectivity index (χ4v) is 2.51. The van der Waals surface area contributed by atoms with Gasteiger partial charge < -0.3 is 10.0 Å². The third-order valence-electron chi connectivity index (χ3n) is 3.51. The second kappa shape index (κ2) is 6.87. The molecule has 0 radical (unpaired) electrons. The summed E-state index contributed by atoms with van der Waals surface area (Å²) in [6.07, 6.45) is 3.49. The van der Waals surface area contributed by atoms with Crippen molar-refractivity contribution in [2.45, 2.75) is 19.4 Å². The van der Waals surface area contributed by atoms with Gasteiger partial charge in [-0.1, -0.05) is 30.3 Å². The van der Waals surface area contributed by atoms with Crippen LogP contribution < -0.4 is 0 Å². The van der Waals surface area contributed by atoms with E-state index in [2.05, 4.69) is 4.90 Å². The molecule has 21 heavy (non-hydrogen) atoms. The Morgan fingerprint density at radius 1 is 1.19 bits per heavy atom. The average Bonchev–Trinajstić information content (AvgIpc) is 2.45. The van der Waals surface area contributed by atoms with Crippen LogP contribution in [0.3, 0.4) is 0 Å². The minimum Gasteiger partial charge on any atom is -0.389 e. The summed E-state index contributed by atoms with van der Waals surface area (Å²) < 4.78 is 0. The maximum Gasteiger partial charge on any atom is 0.246 e. The van der Waals surface area contributed by atoms with Crippen LogP contribution in [0.15, 0.2) is 36.4 Å². The van der Waals surface area contributed by atoms with Gasteiger partial charge in [0.1, 0.15) is 0 Å². The molecule has 0 unspecified atom stereocenters. The van der Waals surface area contributed by atoms with Crippen molar-refractivity contribution in [3.05, 3.63) is 42.0 Å². The van der Waals surface area contributed by atoms with E-state index >= 15 is 0 Å². The van der Waals surface area contributed by atoms with Gasteiger partial charge in [-0.25, -0.2) is 0 Å². The van der Waals surface area contributed by atoms with Crippen LogP contribution in [0.4, 0.5) is 0 Å². The van der Waals surface area contributed by atoms with Crippen molar-refractivity contribution in [2.24, 2.45) is 0 Å². The van der Waals surface area contributed by atoms with Gasteiger partial charge in [-0.05, 0) is 25.5 Å². The molecule has 1 amide bonds. The minimum absolute atomic E-state index is 0.0572. The highest BCUT2D eigenvalue weighted by Crippen LogP contribution is 2.09. The third kappa shape index (κ3) is 5.33. The minimum atomic E-state index is -0.681. The molecule has 0 bridgehead atoms. The van der Waals surface area contributed by atoms with Crippen molar-refractivity contribution >= 4 is 12.0 Å². The second-order valence-corrected chi connectivity index (χ2v) is 6.16. The Balaban J connectivity index is 1.82. The second-order valence-electron chi connectivity index (χ2n) is 6.16. The zero-order chi connectivity index (χ0) is 15.3. The largest absolute Gasteiger partial charge is 0.389 e. The summed E-state index contributed by atoms with van der Waals surface area (Å²) in [4.78, 5) is 16.2. The van der Waals surface area contributed by atoms with Crippen molar-refractivity contribution in [3.63, 3.8) is 0 Å². The van der Waals surface area contributed by atoms with Gasteiger partial charge in [0, 0.05) is 38.8 Å². The molecule has 0 spiro atoms. The standard InChI is InChI=1S/C17H24N2O2/c1-17(2,21)14-18-10-12-19(13-11-18)16(20)9-8-15-6-4-3-5-7-15/h3-9,21H,10-14H2,1-2H3. The Morgan fingerprint density at radius 3 is 2.38 bits per heavy atom. The Labute approximate surface area is 126 Å². The number of carbonyl (C=O) groups is 1. The predicted octanol–water partition coefficient (Wildman–Crippen LogP) is 1.61. The maximum absolute atomic E-state index is 12.1. The lowest BCUT2D eigenvalue weighted by Gasteiger charge is -2.36. The molecule has 1 heterocycles. The van der Waals surface area contributed by atoms with E-state index in [0.29, 0.717) is 19.6 Å². The Hall–Kier alpha value is -1.65. The van der Waals surface area contributed by atoms with Crippen molar-refractivity contribution in [3.8, 4) is 0 Å². The number of β-amino-alcohol motifs (C(OH)–C–C–N with tert-alkyl or cyclic N) is 1. The van der Waals surface area contributed by atoms with Crippen LogP contribution >= 0.6 is 0 Å². The summed E-state index contributed by atoms with van der Waals surface area (Å²) in [6.45, 7) is 7.33. The first-order chi connectivity index (χ1) is 9.94. The van der Waals surface area contributed by atoms with Gasteiger partial charge in [-0.2, -0.15) is 0 Å². The highest BCUT2D eigenvalue weighted by molar-refractivity contribution is 5.91. The van der Waals surface area contributed by atoms with Crippen LogP contribution in [0.2, 0.25) is 0 Å². The number of aliphatic hydroxyl groups is 1. The van der Waals surface area contributed by atoms with E-state index in [9.17, 15) is 9.90 Å². The highest BCUT2D eigenvalue weighted by Gasteiger charge is 2.23. The van der Waals surface area contributed by atoms with Crippen LogP contribution in [-0.2, 0) is 4.79 Å². The summed E-state index contributed by atoms with van der Waals surface area (Å²) in [6, 6.07) is 9.83. The summed E-state index contributed by atoms with van der Waals surface area (Å²) >= 11 is 0. The van der Waals surface area contributed by atoms with Crippen molar-refractivity contribution in [1.82, 2.24) is 9.80 Å². The average molecular weight is 288 g/mol. The molecule has 1 aromatic rings. The molecular formula is C17H24N2O2. The van der Waals surface area contributed by atoms with Crippen LogP contribution in [0.5, 0.6) is 0 Å². The number of amides is 1. The predicted molar refractivity (Wildman–Crippen MR) is 84.8 cm³/mol.